The number of nitrogens with one attached hydrogen (secondary N) is 1. The minimum Gasteiger partial charge on any atom is -0.469 e. The average molecular weight is 341 g/mol. The topological polar surface area (TPSA) is 77.0 Å². The summed E-state index contributed by atoms with van der Waals surface area (Å²) in [4.78, 5) is 15.3. The first-order valence-corrected chi connectivity index (χ1v) is 8.00. The van der Waals surface area contributed by atoms with Gasteiger partial charge in [0.2, 0.25) is 0 Å². The maximum absolute atomic E-state index is 11.2. The van der Waals surface area contributed by atoms with Gasteiger partial charge in [0.25, 0.3) is 0 Å². The van der Waals surface area contributed by atoms with Gasteiger partial charge in [-0.1, -0.05) is 22.9 Å². The van der Waals surface area contributed by atoms with Crippen molar-refractivity contribution >= 4 is 34.6 Å². The highest BCUT2D eigenvalue weighted by atomic mass is 35.5. The van der Waals surface area contributed by atoms with E-state index in [1.807, 2.05) is 13.8 Å². The maximum Gasteiger partial charge on any atom is 0.305 e. The Morgan fingerprint density at radius 1 is 1.45 bits per heavy atom. The Balaban J connectivity index is 2.21. The van der Waals surface area contributed by atoms with Crippen LogP contribution < -0.4 is 5.32 Å². The lowest BCUT2D eigenvalue weighted by molar-refractivity contribution is -0.140. The van der Waals surface area contributed by atoms with E-state index in [0.29, 0.717) is 18.0 Å². The first-order valence-electron chi connectivity index (χ1n) is 6.81. The molecule has 0 bridgehead atoms. The summed E-state index contributed by atoms with van der Waals surface area (Å²) in [5.41, 5.74) is 1.71. The molecular weight excluding hydrogens is 324 g/mol. The number of rotatable bonds is 6. The number of aromatic nitrogens is 3. The minimum atomic E-state index is -0.257. The van der Waals surface area contributed by atoms with Crippen LogP contribution in [0.4, 0.5) is 5.69 Å². The molecule has 0 saturated heterocycles. The van der Waals surface area contributed by atoms with Crippen LogP contribution in [0, 0.1) is 0 Å². The van der Waals surface area contributed by atoms with Gasteiger partial charge in [-0.25, -0.2) is 4.98 Å². The molecule has 118 valence electrons. The molecule has 0 amide bonds. The third kappa shape index (κ3) is 4.38. The molecule has 2 heterocycles. The largest absolute Gasteiger partial charge is 0.469 e. The number of halogens is 1. The smallest absolute Gasteiger partial charge is 0.305 e. The molecule has 0 aliphatic carbocycles. The Labute approximate surface area is 137 Å². The number of nitrogens with zero attached hydrogens (tertiary/aromatic N) is 3. The van der Waals surface area contributed by atoms with Crippen LogP contribution in [0.25, 0.3) is 10.6 Å². The van der Waals surface area contributed by atoms with Crippen LogP contribution in [-0.2, 0) is 16.0 Å². The van der Waals surface area contributed by atoms with Crippen LogP contribution in [0.3, 0.4) is 0 Å². The number of hydrogen-bond donors (Lipinski definition) is 1. The van der Waals surface area contributed by atoms with Gasteiger partial charge in [-0.05, 0) is 19.9 Å². The summed E-state index contributed by atoms with van der Waals surface area (Å²) >= 11 is 7.39. The summed E-state index contributed by atoms with van der Waals surface area (Å²) in [5.74, 6) is -0.257. The molecular formula is C14H17ClN4O2S. The van der Waals surface area contributed by atoms with Gasteiger partial charge in [0.1, 0.15) is 10.2 Å². The SMILES string of the molecule is COC(=O)CCc1nnc(-c2cnc(Cl)cc2NC(C)C)s1. The van der Waals surface area contributed by atoms with Crippen molar-refractivity contribution in [2.45, 2.75) is 32.7 Å². The van der Waals surface area contributed by atoms with Gasteiger partial charge in [-0.15, -0.1) is 10.2 Å². The molecule has 0 aliphatic heterocycles. The monoisotopic (exact) mass is 340 g/mol. The molecule has 0 spiro atoms. The van der Waals surface area contributed by atoms with Gasteiger partial charge in [0, 0.05) is 24.3 Å². The lowest BCUT2D eigenvalue weighted by Crippen LogP contribution is -2.10. The van der Waals surface area contributed by atoms with Crippen LogP contribution in [0.1, 0.15) is 25.3 Å². The molecule has 0 radical (unpaired) electrons. The molecule has 2 rings (SSSR count). The number of carbonyl (C=O) groups excluding carboxylic acids is 1. The lowest BCUT2D eigenvalue weighted by Gasteiger charge is -2.13. The van der Waals surface area contributed by atoms with Crippen molar-refractivity contribution in [1.82, 2.24) is 15.2 Å². The van der Waals surface area contributed by atoms with E-state index in [1.165, 1.54) is 18.4 Å². The number of pyridine rings is 1. The molecule has 0 unspecified atom stereocenters. The Kier molecular flexibility index (Phi) is 5.68. The van der Waals surface area contributed by atoms with Crippen LogP contribution >= 0.6 is 22.9 Å². The lowest BCUT2D eigenvalue weighted by atomic mass is 10.2. The normalized spacial score (nSPS) is 10.8. The Morgan fingerprint density at radius 2 is 2.23 bits per heavy atom. The van der Waals surface area contributed by atoms with Crippen molar-refractivity contribution in [3.05, 3.63) is 22.4 Å². The second-order valence-corrected chi connectivity index (χ2v) is 6.38. The zero-order chi connectivity index (χ0) is 16.1. The summed E-state index contributed by atoms with van der Waals surface area (Å²) in [6.45, 7) is 4.08. The number of carbonyl (C=O) groups is 1. The minimum absolute atomic E-state index is 0.254. The van der Waals surface area contributed by atoms with Gasteiger partial charge in [-0.2, -0.15) is 0 Å². The van der Waals surface area contributed by atoms with Crippen molar-refractivity contribution in [1.29, 1.82) is 0 Å². The number of hydrogen-bond acceptors (Lipinski definition) is 7. The van der Waals surface area contributed by atoms with Gasteiger partial charge in [0.15, 0.2) is 5.01 Å². The van der Waals surface area contributed by atoms with Gasteiger partial charge >= 0.3 is 5.97 Å². The Bertz CT molecular complexity index is 660. The Hall–Kier alpha value is -1.73. The van der Waals surface area contributed by atoms with E-state index in [0.717, 1.165) is 21.3 Å². The standard InChI is InChI=1S/C14H17ClN4O2S/c1-8(2)17-10-6-11(15)16-7-9(10)14-19-18-12(22-14)4-5-13(20)21-3/h6-8H,4-5H2,1-3H3,(H,16,17). The predicted octanol–water partition coefficient (Wildman–Crippen LogP) is 3.18. The maximum atomic E-state index is 11.2. The first-order chi connectivity index (χ1) is 10.5. The third-order valence-corrected chi connectivity index (χ3v) is 4.01. The molecule has 8 heteroatoms. The van der Waals surface area contributed by atoms with Crippen LogP contribution in [0.2, 0.25) is 5.15 Å². The van der Waals surface area contributed by atoms with E-state index in [4.69, 9.17) is 11.6 Å². The van der Waals surface area contributed by atoms with E-state index in [9.17, 15) is 4.79 Å². The number of anilines is 1. The highest BCUT2D eigenvalue weighted by Gasteiger charge is 2.14. The number of ether oxygens (including phenoxy) is 1. The molecule has 1 N–H and O–H groups in total. The van der Waals surface area contributed by atoms with Crippen molar-refractivity contribution in [3.63, 3.8) is 0 Å². The van der Waals surface area contributed by atoms with Gasteiger partial charge in [0.05, 0.1) is 19.1 Å². The molecule has 6 nitrogen and oxygen atoms in total. The molecule has 0 atom stereocenters. The summed E-state index contributed by atoms with van der Waals surface area (Å²) < 4.78 is 4.62. The predicted molar refractivity (Wildman–Crippen MR) is 87.2 cm³/mol. The van der Waals surface area contributed by atoms with Crippen LogP contribution in [0.15, 0.2) is 12.3 Å². The highest BCUT2D eigenvalue weighted by molar-refractivity contribution is 7.14. The second kappa shape index (κ2) is 7.51. The second-order valence-electron chi connectivity index (χ2n) is 4.93. The fourth-order valence-electron chi connectivity index (χ4n) is 1.81. The van der Waals surface area contributed by atoms with Gasteiger partial charge in [-0.3, -0.25) is 4.79 Å². The molecule has 2 aromatic heterocycles. The highest BCUT2D eigenvalue weighted by Crippen LogP contribution is 2.32. The van der Waals surface area contributed by atoms with E-state index in [-0.39, 0.29) is 12.0 Å². The number of methoxy groups -OCH3 is 1. The number of esters is 1. The fourth-order valence-corrected chi connectivity index (χ4v) is 2.83. The number of aryl methyl sites for hydroxylation is 1. The molecule has 2 aromatic rings. The van der Waals surface area contributed by atoms with E-state index < -0.39 is 0 Å². The third-order valence-electron chi connectivity index (χ3n) is 2.78. The van der Waals surface area contributed by atoms with Crippen molar-refractivity contribution in [3.8, 4) is 10.6 Å². The molecule has 0 aliphatic rings. The van der Waals surface area contributed by atoms with E-state index in [1.54, 1.807) is 12.3 Å². The summed E-state index contributed by atoms with van der Waals surface area (Å²) in [6.07, 6.45) is 2.48. The molecule has 0 aromatic carbocycles. The van der Waals surface area contributed by atoms with Crippen molar-refractivity contribution in [2.75, 3.05) is 12.4 Å². The fraction of sp³-hybridized carbons (Fsp3) is 0.429. The summed E-state index contributed by atoms with van der Waals surface area (Å²) in [7, 11) is 1.37. The van der Waals surface area contributed by atoms with Crippen molar-refractivity contribution in [2.24, 2.45) is 0 Å². The van der Waals surface area contributed by atoms with E-state index >= 15 is 0 Å². The van der Waals surface area contributed by atoms with Gasteiger partial charge < -0.3 is 10.1 Å². The summed E-state index contributed by atoms with van der Waals surface area (Å²) in [6, 6.07) is 2.02. The van der Waals surface area contributed by atoms with E-state index in [2.05, 4.69) is 25.2 Å². The summed E-state index contributed by atoms with van der Waals surface area (Å²) in [5, 5.41) is 13.6. The molecule has 22 heavy (non-hydrogen) atoms. The molecule has 0 fully saturated rings. The zero-order valence-corrected chi connectivity index (χ0v) is 14.2. The quantitative estimate of drug-likeness (QED) is 0.643. The zero-order valence-electron chi connectivity index (χ0n) is 12.6. The van der Waals surface area contributed by atoms with Crippen molar-refractivity contribution < 1.29 is 9.53 Å². The van der Waals surface area contributed by atoms with Crippen LogP contribution in [-0.4, -0.2) is 34.3 Å². The Morgan fingerprint density at radius 3 is 2.91 bits per heavy atom. The molecule has 0 saturated carbocycles. The average Bonchev–Trinajstić information content (AvgIpc) is 2.93. The first kappa shape index (κ1) is 16.6. The van der Waals surface area contributed by atoms with Crippen LogP contribution in [0.5, 0.6) is 0 Å².